The smallest absolute Gasteiger partial charge is 0.350 e. The summed E-state index contributed by atoms with van der Waals surface area (Å²) < 4.78 is 5.70. The number of carbonyl (C=O) groups excluding carboxylic acids is 1. The lowest BCUT2D eigenvalue weighted by molar-refractivity contribution is -0.148. The van der Waals surface area contributed by atoms with E-state index in [4.69, 9.17) is 4.74 Å². The van der Waals surface area contributed by atoms with E-state index in [1.54, 1.807) is 0 Å². The Bertz CT molecular complexity index is 583. The molecule has 1 atom stereocenters. The summed E-state index contributed by atoms with van der Waals surface area (Å²) in [5.41, 5.74) is 1.11. The van der Waals surface area contributed by atoms with Gasteiger partial charge in [-0.15, -0.1) is 0 Å². The van der Waals surface area contributed by atoms with E-state index in [-0.39, 0.29) is 5.57 Å². The molecule has 0 fully saturated rings. The summed E-state index contributed by atoms with van der Waals surface area (Å²) in [5.74, 6) is -0.491. The third-order valence-electron chi connectivity index (χ3n) is 4.19. The Kier molecular flexibility index (Phi) is 4.80. The zero-order chi connectivity index (χ0) is 15.3. The fourth-order valence-corrected chi connectivity index (χ4v) is 2.94. The Morgan fingerprint density at radius 3 is 2.48 bits per heavy atom. The number of esters is 1. The minimum absolute atomic E-state index is 0.161. The predicted octanol–water partition coefficient (Wildman–Crippen LogP) is 4.25. The highest BCUT2D eigenvalue weighted by Gasteiger charge is 2.46. The molecule has 0 amide bonds. The lowest BCUT2D eigenvalue weighted by Gasteiger charge is -2.30. The van der Waals surface area contributed by atoms with Gasteiger partial charge in [-0.05, 0) is 30.9 Å². The third-order valence-corrected chi connectivity index (χ3v) is 4.19. The van der Waals surface area contributed by atoms with E-state index in [0.29, 0.717) is 0 Å². The molecule has 1 aromatic rings. The van der Waals surface area contributed by atoms with Crippen molar-refractivity contribution in [2.75, 3.05) is 0 Å². The SMILES string of the molecule is CCCCCCC1(c2ccccc2)OC(=O)C(C#N)=C1C. The molecule has 0 saturated heterocycles. The van der Waals surface area contributed by atoms with Crippen LogP contribution in [0.3, 0.4) is 0 Å². The van der Waals surface area contributed by atoms with E-state index in [0.717, 1.165) is 36.8 Å². The van der Waals surface area contributed by atoms with E-state index < -0.39 is 11.6 Å². The van der Waals surface area contributed by atoms with Crippen LogP contribution in [-0.4, -0.2) is 5.97 Å². The first-order valence-corrected chi connectivity index (χ1v) is 7.56. The van der Waals surface area contributed by atoms with Crippen LogP contribution in [0.15, 0.2) is 41.5 Å². The molecule has 1 aliphatic rings. The monoisotopic (exact) mass is 283 g/mol. The Balaban J connectivity index is 2.35. The molecule has 0 bridgehead atoms. The van der Waals surface area contributed by atoms with Crippen LogP contribution in [0.4, 0.5) is 0 Å². The second-order valence-corrected chi connectivity index (χ2v) is 5.51. The molecular weight excluding hydrogens is 262 g/mol. The maximum atomic E-state index is 12.0. The van der Waals surface area contributed by atoms with E-state index in [9.17, 15) is 10.1 Å². The normalized spacial score (nSPS) is 21.3. The molecule has 0 radical (unpaired) electrons. The molecule has 21 heavy (non-hydrogen) atoms. The van der Waals surface area contributed by atoms with Crippen LogP contribution in [0.25, 0.3) is 0 Å². The molecule has 0 spiro atoms. The first-order chi connectivity index (χ1) is 10.2. The van der Waals surface area contributed by atoms with Gasteiger partial charge in [0.05, 0.1) is 0 Å². The van der Waals surface area contributed by atoms with Crippen molar-refractivity contribution in [3.8, 4) is 6.07 Å². The molecule has 3 heteroatoms. The summed E-state index contributed by atoms with van der Waals surface area (Å²) in [4.78, 5) is 12.0. The second-order valence-electron chi connectivity index (χ2n) is 5.51. The average Bonchev–Trinajstić information content (AvgIpc) is 2.76. The molecule has 0 saturated carbocycles. The van der Waals surface area contributed by atoms with Gasteiger partial charge in [0, 0.05) is 0 Å². The molecule has 3 nitrogen and oxygen atoms in total. The van der Waals surface area contributed by atoms with Crippen molar-refractivity contribution in [2.24, 2.45) is 0 Å². The second kappa shape index (κ2) is 6.58. The van der Waals surface area contributed by atoms with Crippen LogP contribution >= 0.6 is 0 Å². The van der Waals surface area contributed by atoms with Gasteiger partial charge in [-0.2, -0.15) is 5.26 Å². The largest absolute Gasteiger partial charge is 0.445 e. The van der Waals surface area contributed by atoms with E-state index in [1.165, 1.54) is 6.42 Å². The summed E-state index contributed by atoms with van der Waals surface area (Å²) in [5, 5.41) is 9.19. The quantitative estimate of drug-likeness (QED) is 0.579. The number of ether oxygens (including phenoxy) is 1. The molecule has 0 N–H and O–H groups in total. The Labute approximate surface area is 126 Å². The van der Waals surface area contributed by atoms with Gasteiger partial charge in [0.15, 0.2) is 5.60 Å². The first-order valence-electron chi connectivity index (χ1n) is 7.56. The number of carbonyl (C=O) groups is 1. The highest BCUT2D eigenvalue weighted by molar-refractivity contribution is 5.97. The number of unbranched alkanes of at least 4 members (excludes halogenated alkanes) is 3. The summed E-state index contributed by atoms with van der Waals surface area (Å²) in [7, 11) is 0. The Morgan fingerprint density at radius 2 is 1.90 bits per heavy atom. The lowest BCUT2D eigenvalue weighted by atomic mass is 9.82. The molecule has 2 rings (SSSR count). The van der Waals surface area contributed by atoms with Gasteiger partial charge < -0.3 is 4.74 Å². The third kappa shape index (κ3) is 2.85. The van der Waals surface area contributed by atoms with Crippen LogP contribution in [0, 0.1) is 11.3 Å². The molecule has 1 aromatic carbocycles. The van der Waals surface area contributed by atoms with Crippen LogP contribution in [0.2, 0.25) is 0 Å². The molecule has 1 unspecified atom stereocenters. The number of hydrogen-bond donors (Lipinski definition) is 0. The van der Waals surface area contributed by atoms with Gasteiger partial charge in [0.1, 0.15) is 11.6 Å². The average molecular weight is 283 g/mol. The van der Waals surface area contributed by atoms with Crippen LogP contribution in [-0.2, 0) is 15.1 Å². The Hall–Kier alpha value is -2.08. The number of cyclic esters (lactones) is 1. The number of hydrogen-bond acceptors (Lipinski definition) is 3. The zero-order valence-corrected chi connectivity index (χ0v) is 12.7. The first kappa shape index (κ1) is 15.3. The fourth-order valence-electron chi connectivity index (χ4n) is 2.94. The lowest BCUT2D eigenvalue weighted by Crippen LogP contribution is -2.28. The summed E-state index contributed by atoms with van der Waals surface area (Å²) in [6.07, 6.45) is 5.16. The fraction of sp³-hybridized carbons (Fsp3) is 0.444. The van der Waals surface area contributed by atoms with Crippen molar-refractivity contribution in [1.82, 2.24) is 0 Å². The molecular formula is C18H21NO2. The minimum Gasteiger partial charge on any atom is -0.445 e. The van der Waals surface area contributed by atoms with Crippen LogP contribution < -0.4 is 0 Å². The maximum Gasteiger partial charge on any atom is 0.350 e. The van der Waals surface area contributed by atoms with Gasteiger partial charge in [0.2, 0.25) is 0 Å². The number of nitriles is 1. The molecule has 1 aliphatic heterocycles. The minimum atomic E-state index is -0.753. The summed E-state index contributed by atoms with van der Waals surface area (Å²) in [6.45, 7) is 4.01. The van der Waals surface area contributed by atoms with Crippen molar-refractivity contribution >= 4 is 5.97 Å². The van der Waals surface area contributed by atoms with Crippen LogP contribution in [0.1, 0.15) is 51.5 Å². The maximum absolute atomic E-state index is 12.0. The van der Waals surface area contributed by atoms with Crippen molar-refractivity contribution in [2.45, 2.75) is 51.6 Å². The Morgan fingerprint density at radius 1 is 1.19 bits per heavy atom. The number of benzene rings is 1. The summed E-state index contributed by atoms with van der Waals surface area (Å²) >= 11 is 0. The van der Waals surface area contributed by atoms with E-state index in [1.807, 2.05) is 43.3 Å². The molecule has 0 aliphatic carbocycles. The topological polar surface area (TPSA) is 50.1 Å². The van der Waals surface area contributed by atoms with Crippen molar-refractivity contribution in [3.05, 3.63) is 47.0 Å². The van der Waals surface area contributed by atoms with Gasteiger partial charge in [-0.1, -0.05) is 56.5 Å². The number of rotatable bonds is 6. The van der Waals surface area contributed by atoms with E-state index >= 15 is 0 Å². The van der Waals surface area contributed by atoms with E-state index in [2.05, 4.69) is 6.92 Å². The van der Waals surface area contributed by atoms with Gasteiger partial charge in [0.25, 0.3) is 0 Å². The zero-order valence-electron chi connectivity index (χ0n) is 12.7. The highest BCUT2D eigenvalue weighted by Crippen LogP contribution is 2.44. The van der Waals surface area contributed by atoms with Crippen molar-refractivity contribution in [1.29, 1.82) is 5.26 Å². The summed E-state index contributed by atoms with van der Waals surface area (Å²) in [6, 6.07) is 11.8. The predicted molar refractivity (Wildman–Crippen MR) is 81.3 cm³/mol. The van der Waals surface area contributed by atoms with Crippen molar-refractivity contribution in [3.63, 3.8) is 0 Å². The molecule has 0 aromatic heterocycles. The van der Waals surface area contributed by atoms with Crippen molar-refractivity contribution < 1.29 is 9.53 Å². The van der Waals surface area contributed by atoms with Crippen LogP contribution in [0.5, 0.6) is 0 Å². The molecule has 110 valence electrons. The van der Waals surface area contributed by atoms with Gasteiger partial charge in [-0.3, -0.25) is 0 Å². The standard InChI is InChI=1S/C18H21NO2/c1-3-4-5-9-12-18(15-10-7-6-8-11-15)14(2)16(13-19)17(20)21-18/h6-8,10-11H,3-5,9,12H2,1-2H3. The van der Waals surface area contributed by atoms with Gasteiger partial charge in [-0.25, -0.2) is 4.79 Å². The highest BCUT2D eigenvalue weighted by atomic mass is 16.6. The number of nitrogens with zero attached hydrogens (tertiary/aromatic N) is 1. The molecule has 1 heterocycles. The van der Waals surface area contributed by atoms with Gasteiger partial charge >= 0.3 is 5.97 Å².